The smallest absolute Gasteiger partial charge is 0.346 e. The van der Waals surface area contributed by atoms with E-state index in [0.29, 0.717) is 0 Å². The Labute approximate surface area is 129 Å². The topological polar surface area (TPSA) is 71.4 Å². The average molecular weight is 351 g/mol. The molecule has 2 rings (SSSR count). The summed E-state index contributed by atoms with van der Waals surface area (Å²) in [5.41, 5.74) is 0.249. The van der Waals surface area contributed by atoms with Gasteiger partial charge in [0, 0.05) is 10.0 Å². The lowest BCUT2D eigenvalue weighted by atomic mass is 10.3. The lowest BCUT2D eigenvalue weighted by molar-refractivity contribution is 0.0701. The summed E-state index contributed by atoms with van der Waals surface area (Å²) >= 11 is 12.5. The van der Waals surface area contributed by atoms with Gasteiger partial charge in [-0.1, -0.05) is 23.2 Å². The van der Waals surface area contributed by atoms with Crippen LogP contribution in [0.1, 0.15) is 15.2 Å². The van der Waals surface area contributed by atoms with E-state index >= 15 is 0 Å². The second-order valence-corrected chi connectivity index (χ2v) is 7.72. The number of benzene rings is 1. The molecular weight excluding hydrogens is 343 g/mol. The molecule has 106 valence electrons. The van der Waals surface area contributed by atoms with E-state index in [2.05, 4.69) is 0 Å². The Balaban J connectivity index is 2.41. The third-order valence-electron chi connectivity index (χ3n) is 2.48. The summed E-state index contributed by atoms with van der Waals surface area (Å²) in [7, 11) is -3.71. The molecule has 0 atom stereocenters. The lowest BCUT2D eigenvalue weighted by Gasteiger charge is -2.05. The Morgan fingerprint density at radius 2 is 1.80 bits per heavy atom. The van der Waals surface area contributed by atoms with E-state index in [-0.39, 0.29) is 25.4 Å². The molecule has 1 heterocycles. The fourth-order valence-corrected chi connectivity index (χ4v) is 4.57. The molecule has 0 radical (unpaired) electrons. The van der Waals surface area contributed by atoms with Crippen molar-refractivity contribution in [2.45, 2.75) is 10.6 Å². The van der Waals surface area contributed by atoms with Crippen molar-refractivity contribution >= 4 is 50.3 Å². The second-order valence-electron chi connectivity index (χ2n) is 3.94. The van der Waals surface area contributed by atoms with Crippen LogP contribution in [0.25, 0.3) is 0 Å². The second kappa shape index (κ2) is 5.73. The summed E-state index contributed by atoms with van der Waals surface area (Å²) in [6.45, 7) is 0. The standard InChI is InChI=1S/C12H8Cl2O4S2/c13-8-3-9(14)5-10(4-8)20(17,18)6-7-1-2-19-11(7)12(15)16/h1-5H,6H2,(H,15,16). The molecule has 4 nitrogen and oxygen atoms in total. The minimum absolute atomic E-state index is 0.0155. The Bertz CT molecular complexity index is 745. The van der Waals surface area contributed by atoms with Gasteiger partial charge in [-0.15, -0.1) is 11.3 Å². The summed E-state index contributed by atoms with van der Waals surface area (Å²) in [5, 5.41) is 10.9. The molecule has 0 fully saturated rings. The van der Waals surface area contributed by atoms with Crippen molar-refractivity contribution in [2.75, 3.05) is 0 Å². The zero-order valence-corrected chi connectivity index (χ0v) is 13.0. The Kier molecular flexibility index (Phi) is 4.39. The molecular formula is C12H8Cl2O4S2. The number of carboxylic acids is 1. The van der Waals surface area contributed by atoms with E-state index in [1.807, 2.05) is 0 Å². The van der Waals surface area contributed by atoms with E-state index in [1.54, 1.807) is 5.38 Å². The van der Waals surface area contributed by atoms with Crippen LogP contribution in [-0.4, -0.2) is 19.5 Å². The predicted molar refractivity (Wildman–Crippen MR) is 78.6 cm³/mol. The molecule has 8 heteroatoms. The van der Waals surface area contributed by atoms with Gasteiger partial charge in [-0.3, -0.25) is 0 Å². The van der Waals surface area contributed by atoms with E-state index in [1.165, 1.54) is 24.3 Å². The number of carboxylic acid groups (broad SMARTS) is 1. The van der Waals surface area contributed by atoms with E-state index in [0.717, 1.165) is 11.3 Å². The first kappa shape index (κ1) is 15.3. The van der Waals surface area contributed by atoms with Gasteiger partial charge in [0.25, 0.3) is 0 Å². The van der Waals surface area contributed by atoms with Gasteiger partial charge in [-0.2, -0.15) is 0 Å². The van der Waals surface area contributed by atoms with Crippen molar-refractivity contribution in [3.63, 3.8) is 0 Å². The fourth-order valence-electron chi connectivity index (χ4n) is 1.63. The quantitative estimate of drug-likeness (QED) is 0.911. The minimum atomic E-state index is -3.71. The van der Waals surface area contributed by atoms with E-state index < -0.39 is 21.6 Å². The summed E-state index contributed by atoms with van der Waals surface area (Å²) in [4.78, 5) is 11.0. The molecule has 0 bridgehead atoms. The molecule has 2 aromatic rings. The molecule has 0 saturated heterocycles. The first-order chi connectivity index (χ1) is 9.29. The van der Waals surface area contributed by atoms with Gasteiger partial charge in [0.1, 0.15) is 4.88 Å². The maximum atomic E-state index is 12.3. The highest BCUT2D eigenvalue weighted by Crippen LogP contribution is 2.27. The highest BCUT2D eigenvalue weighted by Gasteiger charge is 2.21. The first-order valence-corrected chi connectivity index (χ1v) is 8.57. The third-order valence-corrected chi connectivity index (χ3v) is 5.51. The number of hydrogen-bond acceptors (Lipinski definition) is 4. The molecule has 0 aliphatic rings. The monoisotopic (exact) mass is 350 g/mol. The summed E-state index contributed by atoms with van der Waals surface area (Å²) in [5.74, 6) is -1.55. The van der Waals surface area contributed by atoms with Gasteiger partial charge >= 0.3 is 5.97 Å². The molecule has 0 amide bonds. The number of aromatic carboxylic acids is 1. The van der Waals surface area contributed by atoms with Gasteiger partial charge in [-0.05, 0) is 35.2 Å². The maximum absolute atomic E-state index is 12.3. The molecule has 0 unspecified atom stereocenters. The average Bonchev–Trinajstić information content (AvgIpc) is 2.75. The van der Waals surface area contributed by atoms with Crippen LogP contribution in [0.15, 0.2) is 34.5 Å². The van der Waals surface area contributed by atoms with Crippen LogP contribution in [0, 0.1) is 0 Å². The van der Waals surface area contributed by atoms with E-state index in [9.17, 15) is 13.2 Å². The fraction of sp³-hybridized carbons (Fsp3) is 0.0833. The number of halogens is 2. The van der Waals surface area contributed by atoms with Gasteiger partial charge in [0.05, 0.1) is 10.6 Å². The molecule has 0 aliphatic carbocycles. The zero-order chi connectivity index (χ0) is 14.9. The normalized spacial score (nSPS) is 11.5. The Morgan fingerprint density at radius 1 is 1.20 bits per heavy atom. The third kappa shape index (κ3) is 3.32. The van der Waals surface area contributed by atoms with Crippen LogP contribution in [0.3, 0.4) is 0 Å². The lowest BCUT2D eigenvalue weighted by Crippen LogP contribution is -2.07. The Morgan fingerprint density at radius 3 is 2.35 bits per heavy atom. The number of thiophene rings is 1. The minimum Gasteiger partial charge on any atom is -0.477 e. The molecule has 0 aliphatic heterocycles. The van der Waals surface area contributed by atoms with Crippen LogP contribution < -0.4 is 0 Å². The molecule has 0 spiro atoms. The van der Waals surface area contributed by atoms with Crippen LogP contribution in [0.5, 0.6) is 0 Å². The van der Waals surface area contributed by atoms with Crippen LogP contribution in [0.4, 0.5) is 0 Å². The van der Waals surface area contributed by atoms with Crippen LogP contribution >= 0.6 is 34.5 Å². The van der Waals surface area contributed by atoms with Gasteiger partial charge in [0.15, 0.2) is 9.84 Å². The summed E-state index contributed by atoms with van der Waals surface area (Å²) in [6.07, 6.45) is 0. The van der Waals surface area contributed by atoms with Crippen molar-refractivity contribution < 1.29 is 18.3 Å². The van der Waals surface area contributed by atoms with Crippen molar-refractivity contribution in [3.8, 4) is 0 Å². The largest absolute Gasteiger partial charge is 0.477 e. The van der Waals surface area contributed by atoms with Crippen molar-refractivity contribution in [2.24, 2.45) is 0 Å². The van der Waals surface area contributed by atoms with Crippen molar-refractivity contribution in [1.82, 2.24) is 0 Å². The highest BCUT2D eigenvalue weighted by atomic mass is 35.5. The molecule has 1 aromatic heterocycles. The molecule has 0 saturated carbocycles. The van der Waals surface area contributed by atoms with Gasteiger partial charge < -0.3 is 5.11 Å². The van der Waals surface area contributed by atoms with Crippen LogP contribution in [-0.2, 0) is 15.6 Å². The number of carbonyl (C=O) groups is 1. The zero-order valence-electron chi connectivity index (χ0n) is 9.84. The molecule has 1 N–H and O–H groups in total. The first-order valence-electron chi connectivity index (χ1n) is 5.28. The van der Waals surface area contributed by atoms with Gasteiger partial charge in [-0.25, -0.2) is 13.2 Å². The number of rotatable bonds is 4. The summed E-state index contributed by atoms with van der Waals surface area (Å²) < 4.78 is 24.5. The SMILES string of the molecule is O=C(O)c1sccc1CS(=O)(=O)c1cc(Cl)cc(Cl)c1. The molecule has 1 aromatic carbocycles. The maximum Gasteiger partial charge on any atom is 0.346 e. The van der Waals surface area contributed by atoms with Crippen molar-refractivity contribution in [3.05, 3.63) is 50.1 Å². The number of sulfone groups is 1. The summed E-state index contributed by atoms with van der Waals surface area (Å²) in [6, 6.07) is 5.48. The molecule has 20 heavy (non-hydrogen) atoms. The Hall–Kier alpha value is -1.08. The van der Waals surface area contributed by atoms with Crippen molar-refractivity contribution in [1.29, 1.82) is 0 Å². The number of hydrogen-bond donors (Lipinski definition) is 1. The predicted octanol–water partition coefficient (Wildman–Crippen LogP) is 3.73. The van der Waals surface area contributed by atoms with Crippen LogP contribution in [0.2, 0.25) is 10.0 Å². The van der Waals surface area contributed by atoms with Gasteiger partial charge in [0.2, 0.25) is 0 Å². The van der Waals surface area contributed by atoms with E-state index in [4.69, 9.17) is 28.3 Å². The highest BCUT2D eigenvalue weighted by molar-refractivity contribution is 7.90.